The number of aryl methyl sites for hydroxylation is 1. The first-order valence-electron chi connectivity index (χ1n) is 4.73. The Balaban J connectivity index is 2.43. The molecule has 0 bridgehead atoms. The number of nitrogens with zero attached hydrogens (tertiary/aromatic N) is 1. The number of rotatable bonds is 0. The predicted molar refractivity (Wildman–Crippen MR) is 55.6 cm³/mol. The van der Waals surface area contributed by atoms with E-state index >= 15 is 0 Å². The van der Waals surface area contributed by atoms with Gasteiger partial charge in [-0.05, 0) is 43.1 Å². The van der Waals surface area contributed by atoms with Gasteiger partial charge in [0.25, 0.3) is 0 Å². The van der Waals surface area contributed by atoms with Crippen molar-refractivity contribution in [1.82, 2.24) is 4.90 Å². The lowest BCUT2D eigenvalue weighted by Gasteiger charge is -2.25. The fourth-order valence-corrected chi connectivity index (χ4v) is 1.89. The maximum Gasteiger partial charge on any atom is 0.0346 e. The maximum absolute atomic E-state index is 5.86. The Bertz CT molecular complexity index is 331. The molecule has 1 aliphatic rings. The molecule has 13 heavy (non-hydrogen) atoms. The summed E-state index contributed by atoms with van der Waals surface area (Å²) in [6.45, 7) is 4.29. The van der Waals surface area contributed by atoms with Crippen molar-refractivity contribution in [3.8, 4) is 0 Å². The molecule has 0 saturated carbocycles. The number of hydrogen-bond acceptors (Lipinski definition) is 2. The molecule has 0 saturated heterocycles. The molecule has 1 aromatic rings. The smallest absolute Gasteiger partial charge is 0.0346 e. The van der Waals surface area contributed by atoms with Crippen molar-refractivity contribution in [1.29, 1.82) is 0 Å². The van der Waals surface area contributed by atoms with E-state index in [4.69, 9.17) is 5.73 Å². The Morgan fingerprint density at radius 3 is 2.85 bits per heavy atom. The zero-order chi connectivity index (χ0) is 9.42. The quantitative estimate of drug-likeness (QED) is 0.608. The van der Waals surface area contributed by atoms with Crippen molar-refractivity contribution >= 4 is 5.69 Å². The van der Waals surface area contributed by atoms with Crippen LogP contribution in [-0.2, 0) is 13.0 Å². The van der Waals surface area contributed by atoms with Gasteiger partial charge in [-0.2, -0.15) is 0 Å². The van der Waals surface area contributed by atoms with Gasteiger partial charge < -0.3 is 10.6 Å². The molecule has 0 amide bonds. The Morgan fingerprint density at radius 1 is 1.31 bits per heavy atom. The van der Waals surface area contributed by atoms with Crippen LogP contribution in [-0.4, -0.2) is 18.5 Å². The second-order valence-corrected chi connectivity index (χ2v) is 3.97. The average Bonchev–Trinajstić information content (AvgIpc) is 2.08. The summed E-state index contributed by atoms with van der Waals surface area (Å²) in [6.07, 6.45) is 1.14. The molecule has 2 N–H and O–H groups in total. The molecule has 0 atom stereocenters. The average molecular weight is 176 g/mol. The number of benzene rings is 1. The minimum absolute atomic E-state index is 0.934. The van der Waals surface area contributed by atoms with E-state index in [0.717, 1.165) is 25.2 Å². The molecule has 0 aromatic heterocycles. The third-order valence-electron chi connectivity index (χ3n) is 2.79. The first kappa shape index (κ1) is 8.57. The van der Waals surface area contributed by atoms with Crippen LogP contribution in [0.3, 0.4) is 0 Å². The molecule has 1 aliphatic heterocycles. The summed E-state index contributed by atoms with van der Waals surface area (Å²) in [6, 6.07) is 4.36. The molecule has 2 heteroatoms. The summed E-state index contributed by atoms with van der Waals surface area (Å²) < 4.78 is 0. The Morgan fingerprint density at radius 2 is 2.08 bits per heavy atom. The third-order valence-corrected chi connectivity index (χ3v) is 2.79. The van der Waals surface area contributed by atoms with E-state index in [0.29, 0.717) is 0 Å². The highest BCUT2D eigenvalue weighted by atomic mass is 15.1. The number of anilines is 1. The van der Waals surface area contributed by atoms with Crippen molar-refractivity contribution in [2.75, 3.05) is 19.3 Å². The van der Waals surface area contributed by atoms with E-state index < -0.39 is 0 Å². The van der Waals surface area contributed by atoms with Crippen molar-refractivity contribution < 1.29 is 0 Å². The topological polar surface area (TPSA) is 29.3 Å². The number of hydrogen-bond donors (Lipinski definition) is 1. The summed E-state index contributed by atoms with van der Waals surface area (Å²) in [4.78, 5) is 2.35. The van der Waals surface area contributed by atoms with Gasteiger partial charge in [0.05, 0.1) is 0 Å². The zero-order valence-electron chi connectivity index (χ0n) is 8.30. The van der Waals surface area contributed by atoms with Crippen LogP contribution >= 0.6 is 0 Å². The summed E-state index contributed by atoms with van der Waals surface area (Å²) in [5.74, 6) is 0. The standard InChI is InChI=1S/C11H16N2/c1-8-5-10-7-13(2)4-3-9(10)6-11(8)12/h5-6H,3-4,7,12H2,1-2H3. The van der Waals surface area contributed by atoms with Gasteiger partial charge >= 0.3 is 0 Å². The van der Waals surface area contributed by atoms with Crippen LogP contribution in [0.2, 0.25) is 0 Å². The van der Waals surface area contributed by atoms with Crippen molar-refractivity contribution in [2.24, 2.45) is 0 Å². The fraction of sp³-hybridized carbons (Fsp3) is 0.455. The SMILES string of the molecule is Cc1cc2c(cc1N)CCN(C)C2. The Hall–Kier alpha value is -1.02. The minimum Gasteiger partial charge on any atom is -0.399 e. The van der Waals surface area contributed by atoms with E-state index in [1.165, 1.54) is 16.7 Å². The molecule has 1 aromatic carbocycles. The van der Waals surface area contributed by atoms with E-state index in [-0.39, 0.29) is 0 Å². The first-order chi connectivity index (χ1) is 6.16. The van der Waals surface area contributed by atoms with Crippen molar-refractivity contribution in [3.05, 3.63) is 28.8 Å². The zero-order valence-corrected chi connectivity index (χ0v) is 8.30. The van der Waals surface area contributed by atoms with Gasteiger partial charge in [-0.1, -0.05) is 6.07 Å². The van der Waals surface area contributed by atoms with Crippen LogP contribution in [0.4, 0.5) is 5.69 Å². The molecule has 2 rings (SSSR count). The van der Waals surface area contributed by atoms with Crippen LogP contribution in [0.25, 0.3) is 0 Å². The number of likely N-dealkylation sites (N-methyl/N-ethyl adjacent to an activating group) is 1. The van der Waals surface area contributed by atoms with Gasteiger partial charge in [0.2, 0.25) is 0 Å². The number of nitrogen functional groups attached to an aromatic ring is 1. The Kier molecular flexibility index (Phi) is 2.00. The van der Waals surface area contributed by atoms with Crippen LogP contribution in [0.15, 0.2) is 12.1 Å². The van der Waals surface area contributed by atoms with Gasteiger partial charge in [0, 0.05) is 18.8 Å². The third kappa shape index (κ3) is 1.54. The van der Waals surface area contributed by atoms with Gasteiger partial charge in [0.1, 0.15) is 0 Å². The van der Waals surface area contributed by atoms with E-state index in [1.807, 2.05) is 0 Å². The van der Waals surface area contributed by atoms with Crippen molar-refractivity contribution in [2.45, 2.75) is 19.9 Å². The maximum atomic E-state index is 5.86. The van der Waals surface area contributed by atoms with Gasteiger partial charge in [-0.3, -0.25) is 0 Å². The number of nitrogens with two attached hydrogens (primary N) is 1. The largest absolute Gasteiger partial charge is 0.399 e. The van der Waals surface area contributed by atoms with Gasteiger partial charge in [-0.15, -0.1) is 0 Å². The van der Waals surface area contributed by atoms with Crippen LogP contribution in [0.5, 0.6) is 0 Å². The summed E-state index contributed by atoms with van der Waals surface area (Å²) >= 11 is 0. The van der Waals surface area contributed by atoms with Crippen LogP contribution < -0.4 is 5.73 Å². The van der Waals surface area contributed by atoms with Crippen LogP contribution in [0.1, 0.15) is 16.7 Å². The fourth-order valence-electron chi connectivity index (χ4n) is 1.89. The molecular formula is C11H16N2. The molecule has 0 fully saturated rings. The summed E-state index contributed by atoms with van der Waals surface area (Å²) in [5.41, 5.74) is 10.9. The van der Waals surface area contributed by atoms with E-state index in [2.05, 4.69) is 31.0 Å². The highest BCUT2D eigenvalue weighted by Crippen LogP contribution is 2.23. The molecule has 1 heterocycles. The molecule has 0 aliphatic carbocycles. The molecule has 2 nitrogen and oxygen atoms in total. The molecule has 0 radical (unpaired) electrons. The second kappa shape index (κ2) is 3.04. The molecule has 0 spiro atoms. The molecular weight excluding hydrogens is 160 g/mol. The summed E-state index contributed by atoms with van der Waals surface area (Å²) in [5, 5.41) is 0. The first-order valence-corrected chi connectivity index (χ1v) is 4.73. The highest BCUT2D eigenvalue weighted by Gasteiger charge is 2.13. The lowest BCUT2D eigenvalue weighted by molar-refractivity contribution is 0.313. The van der Waals surface area contributed by atoms with E-state index in [9.17, 15) is 0 Å². The lowest BCUT2D eigenvalue weighted by atomic mass is 9.97. The lowest BCUT2D eigenvalue weighted by Crippen LogP contribution is -2.26. The van der Waals surface area contributed by atoms with Gasteiger partial charge in [0.15, 0.2) is 0 Å². The normalized spacial score (nSPS) is 17.1. The van der Waals surface area contributed by atoms with Crippen molar-refractivity contribution in [3.63, 3.8) is 0 Å². The van der Waals surface area contributed by atoms with E-state index in [1.54, 1.807) is 0 Å². The monoisotopic (exact) mass is 176 g/mol. The number of fused-ring (bicyclic) bond motifs is 1. The predicted octanol–water partition coefficient (Wildman–Crippen LogP) is 1.57. The highest BCUT2D eigenvalue weighted by molar-refractivity contribution is 5.52. The van der Waals surface area contributed by atoms with Crippen LogP contribution in [0, 0.1) is 6.92 Å². The second-order valence-electron chi connectivity index (χ2n) is 3.97. The van der Waals surface area contributed by atoms with Gasteiger partial charge in [-0.25, -0.2) is 0 Å². The summed E-state index contributed by atoms with van der Waals surface area (Å²) in [7, 11) is 2.16. The molecule has 0 unspecified atom stereocenters. The Labute approximate surface area is 79.4 Å². The minimum atomic E-state index is 0.934. The molecule has 70 valence electrons.